The molecule has 0 aliphatic heterocycles. The number of carbonyl (C=O) groups excluding carboxylic acids is 1. The molecule has 3 heteroatoms. The van der Waals surface area contributed by atoms with Gasteiger partial charge in [-0.2, -0.15) is 5.26 Å². The van der Waals surface area contributed by atoms with Gasteiger partial charge in [0.25, 0.3) is 0 Å². The number of nitrogens with one attached hydrogen (secondary N) is 1. The van der Waals surface area contributed by atoms with Gasteiger partial charge in [0.15, 0.2) is 0 Å². The summed E-state index contributed by atoms with van der Waals surface area (Å²) in [6.45, 7) is 4.48. The number of nitriles is 1. The van der Waals surface area contributed by atoms with Crippen molar-refractivity contribution in [3.8, 4) is 6.07 Å². The van der Waals surface area contributed by atoms with E-state index >= 15 is 0 Å². The number of amides is 1. The molecule has 1 aromatic carbocycles. The second-order valence-corrected chi connectivity index (χ2v) is 6.48. The average molecular weight is 270 g/mol. The van der Waals surface area contributed by atoms with Gasteiger partial charge in [0, 0.05) is 11.6 Å². The highest BCUT2D eigenvalue weighted by Gasteiger charge is 2.31. The van der Waals surface area contributed by atoms with Crippen LogP contribution in [0.5, 0.6) is 0 Å². The van der Waals surface area contributed by atoms with E-state index in [-0.39, 0.29) is 17.2 Å². The summed E-state index contributed by atoms with van der Waals surface area (Å²) < 4.78 is 0. The topological polar surface area (TPSA) is 52.9 Å². The van der Waals surface area contributed by atoms with Crippen molar-refractivity contribution in [1.29, 1.82) is 5.26 Å². The summed E-state index contributed by atoms with van der Waals surface area (Å²) in [5.41, 5.74) is 2.07. The Morgan fingerprint density at radius 3 is 2.70 bits per heavy atom. The predicted octanol–water partition coefficient (Wildman–Crippen LogP) is 3.91. The number of nitrogens with zero attached hydrogens (tertiary/aromatic N) is 1. The van der Waals surface area contributed by atoms with Crippen LogP contribution in [0.2, 0.25) is 0 Å². The van der Waals surface area contributed by atoms with Crippen LogP contribution >= 0.6 is 0 Å². The minimum atomic E-state index is 0.123. The Morgan fingerprint density at radius 2 is 2.10 bits per heavy atom. The van der Waals surface area contributed by atoms with Crippen molar-refractivity contribution in [2.24, 2.45) is 11.3 Å². The minimum Gasteiger partial charge on any atom is -0.326 e. The molecule has 1 amide bonds. The largest absolute Gasteiger partial charge is 0.326 e. The van der Waals surface area contributed by atoms with Gasteiger partial charge in [-0.15, -0.1) is 0 Å². The molecule has 0 bridgehead atoms. The quantitative estimate of drug-likeness (QED) is 0.905. The number of anilines is 1. The summed E-state index contributed by atoms with van der Waals surface area (Å²) in [5, 5.41) is 11.6. The molecule has 0 saturated heterocycles. The summed E-state index contributed by atoms with van der Waals surface area (Å²) in [6.07, 6.45) is 4.70. The monoisotopic (exact) mass is 270 g/mol. The lowest BCUT2D eigenvalue weighted by Crippen LogP contribution is -2.31. The minimum absolute atomic E-state index is 0.123. The molecule has 2 rings (SSSR count). The molecule has 1 fully saturated rings. The molecule has 1 atom stereocenters. The third-order valence-corrected chi connectivity index (χ3v) is 4.08. The second kappa shape index (κ2) is 6.09. The van der Waals surface area contributed by atoms with Gasteiger partial charge in [0.1, 0.15) is 0 Å². The molecular formula is C17H22N2O. The lowest BCUT2D eigenvalue weighted by atomic mass is 9.72. The van der Waals surface area contributed by atoms with Gasteiger partial charge in [-0.3, -0.25) is 4.79 Å². The standard InChI is InChI=1S/C17H22N2O/c1-17(2)10-3-4-14(12-17)16(20)19-15-7-5-13(6-8-15)9-11-18/h5-8,14H,3-4,9-10,12H2,1-2H3,(H,19,20). The molecule has 106 valence electrons. The maximum atomic E-state index is 12.3. The fourth-order valence-electron chi connectivity index (χ4n) is 2.96. The highest BCUT2D eigenvalue weighted by atomic mass is 16.1. The smallest absolute Gasteiger partial charge is 0.227 e. The van der Waals surface area contributed by atoms with Crippen molar-refractivity contribution >= 4 is 11.6 Å². The molecule has 0 heterocycles. The number of rotatable bonds is 3. The first-order valence-electron chi connectivity index (χ1n) is 7.27. The van der Waals surface area contributed by atoms with E-state index < -0.39 is 0 Å². The van der Waals surface area contributed by atoms with E-state index in [0.29, 0.717) is 6.42 Å². The number of benzene rings is 1. The van der Waals surface area contributed by atoms with E-state index in [0.717, 1.165) is 30.5 Å². The molecule has 3 nitrogen and oxygen atoms in total. The van der Waals surface area contributed by atoms with Crippen LogP contribution in [0.15, 0.2) is 24.3 Å². The fraction of sp³-hybridized carbons (Fsp3) is 0.529. The molecule has 0 spiro atoms. The van der Waals surface area contributed by atoms with Crippen LogP contribution in [0.4, 0.5) is 5.69 Å². The van der Waals surface area contributed by atoms with E-state index in [1.165, 1.54) is 6.42 Å². The maximum Gasteiger partial charge on any atom is 0.227 e. The van der Waals surface area contributed by atoms with E-state index in [2.05, 4.69) is 25.2 Å². The summed E-state index contributed by atoms with van der Waals surface area (Å²) >= 11 is 0. The van der Waals surface area contributed by atoms with E-state index in [1.54, 1.807) is 0 Å². The van der Waals surface area contributed by atoms with Gasteiger partial charge in [0.2, 0.25) is 5.91 Å². The van der Waals surface area contributed by atoms with Crippen LogP contribution in [0.25, 0.3) is 0 Å². The molecule has 20 heavy (non-hydrogen) atoms. The van der Waals surface area contributed by atoms with Crippen molar-refractivity contribution in [2.45, 2.75) is 46.0 Å². The Balaban J connectivity index is 1.95. The molecule has 1 unspecified atom stereocenters. The highest BCUT2D eigenvalue weighted by molar-refractivity contribution is 5.92. The zero-order valence-corrected chi connectivity index (χ0v) is 12.3. The van der Waals surface area contributed by atoms with E-state index in [9.17, 15) is 4.79 Å². The summed E-state index contributed by atoms with van der Waals surface area (Å²) in [7, 11) is 0. The molecule has 1 aliphatic carbocycles. The van der Waals surface area contributed by atoms with Gasteiger partial charge in [-0.25, -0.2) is 0 Å². The Hall–Kier alpha value is -1.82. The lowest BCUT2D eigenvalue weighted by molar-refractivity contribution is -0.122. The van der Waals surface area contributed by atoms with Crippen molar-refractivity contribution in [2.75, 3.05) is 5.32 Å². The van der Waals surface area contributed by atoms with Gasteiger partial charge in [0.05, 0.1) is 12.5 Å². The summed E-state index contributed by atoms with van der Waals surface area (Å²) in [6, 6.07) is 9.65. The number of carbonyl (C=O) groups is 1. The van der Waals surface area contributed by atoms with E-state index in [4.69, 9.17) is 5.26 Å². The Morgan fingerprint density at radius 1 is 1.40 bits per heavy atom. The third kappa shape index (κ3) is 3.84. The number of hydrogen-bond donors (Lipinski definition) is 1. The predicted molar refractivity (Wildman–Crippen MR) is 80.1 cm³/mol. The first-order chi connectivity index (χ1) is 9.50. The van der Waals surface area contributed by atoms with Crippen LogP contribution < -0.4 is 5.32 Å². The van der Waals surface area contributed by atoms with Crippen molar-refractivity contribution in [3.63, 3.8) is 0 Å². The van der Waals surface area contributed by atoms with Crippen LogP contribution in [-0.2, 0) is 11.2 Å². The van der Waals surface area contributed by atoms with Gasteiger partial charge >= 0.3 is 0 Å². The SMILES string of the molecule is CC1(C)CCCC(C(=O)Nc2ccc(CC#N)cc2)C1. The van der Waals surface area contributed by atoms with Crippen LogP contribution in [0, 0.1) is 22.7 Å². The van der Waals surface area contributed by atoms with Crippen LogP contribution in [0.1, 0.15) is 45.1 Å². The van der Waals surface area contributed by atoms with Gasteiger partial charge in [-0.05, 0) is 42.4 Å². The number of hydrogen-bond acceptors (Lipinski definition) is 2. The second-order valence-electron chi connectivity index (χ2n) is 6.48. The molecule has 1 aliphatic rings. The normalized spacial score (nSPS) is 20.9. The Labute approximate surface area is 121 Å². The third-order valence-electron chi connectivity index (χ3n) is 4.08. The van der Waals surface area contributed by atoms with Crippen LogP contribution in [0.3, 0.4) is 0 Å². The average Bonchev–Trinajstić information content (AvgIpc) is 2.40. The Kier molecular flexibility index (Phi) is 4.44. The first-order valence-corrected chi connectivity index (χ1v) is 7.27. The molecule has 0 aromatic heterocycles. The highest BCUT2D eigenvalue weighted by Crippen LogP contribution is 2.38. The molecule has 0 radical (unpaired) electrons. The van der Waals surface area contributed by atoms with Gasteiger partial charge < -0.3 is 5.32 Å². The first kappa shape index (κ1) is 14.6. The van der Waals surface area contributed by atoms with Gasteiger partial charge in [-0.1, -0.05) is 32.4 Å². The van der Waals surface area contributed by atoms with Crippen LogP contribution in [-0.4, -0.2) is 5.91 Å². The molecule has 1 saturated carbocycles. The van der Waals surface area contributed by atoms with Crippen molar-refractivity contribution in [1.82, 2.24) is 0 Å². The molecular weight excluding hydrogens is 248 g/mol. The van der Waals surface area contributed by atoms with Crippen molar-refractivity contribution < 1.29 is 4.79 Å². The Bertz CT molecular complexity index is 511. The summed E-state index contributed by atoms with van der Waals surface area (Å²) in [5.74, 6) is 0.253. The molecule has 1 aromatic rings. The lowest BCUT2D eigenvalue weighted by Gasteiger charge is -2.34. The van der Waals surface area contributed by atoms with Crippen molar-refractivity contribution in [3.05, 3.63) is 29.8 Å². The molecule has 1 N–H and O–H groups in total. The van der Waals surface area contributed by atoms with E-state index in [1.807, 2.05) is 24.3 Å². The zero-order valence-electron chi connectivity index (χ0n) is 12.3. The summed E-state index contributed by atoms with van der Waals surface area (Å²) in [4.78, 5) is 12.3. The maximum absolute atomic E-state index is 12.3. The zero-order chi connectivity index (χ0) is 14.6. The fourth-order valence-corrected chi connectivity index (χ4v) is 2.96.